The van der Waals surface area contributed by atoms with Gasteiger partial charge in [0, 0.05) is 5.92 Å². The summed E-state index contributed by atoms with van der Waals surface area (Å²) in [6.07, 6.45) is 12.5. The summed E-state index contributed by atoms with van der Waals surface area (Å²) in [5.74, 6) is 3.94. The van der Waals surface area contributed by atoms with Crippen LogP contribution in [0.15, 0.2) is 0 Å². The summed E-state index contributed by atoms with van der Waals surface area (Å²) >= 11 is 0. The van der Waals surface area contributed by atoms with Crippen LogP contribution in [-0.4, -0.2) is 31.2 Å². The van der Waals surface area contributed by atoms with Crippen molar-refractivity contribution in [2.75, 3.05) is 19.8 Å². The van der Waals surface area contributed by atoms with Crippen molar-refractivity contribution in [3.8, 4) is 0 Å². The molecule has 0 aromatic heterocycles. The van der Waals surface area contributed by atoms with E-state index < -0.39 is 0 Å². The fourth-order valence-electron chi connectivity index (χ4n) is 9.27. The molecule has 4 aliphatic carbocycles. The molecule has 2 aliphatic heterocycles. The molecule has 4 saturated carbocycles. The van der Waals surface area contributed by atoms with Gasteiger partial charge in [-0.05, 0) is 99.2 Å². The molecule has 6 fully saturated rings. The van der Waals surface area contributed by atoms with Gasteiger partial charge in [0.25, 0.3) is 0 Å². The van der Waals surface area contributed by atoms with Crippen LogP contribution in [-0.2, 0) is 14.2 Å². The first-order chi connectivity index (χ1) is 12.9. The fraction of sp³-hybridized carbons (Fsp3) is 1.00. The molecule has 27 heavy (non-hydrogen) atoms. The minimum atomic E-state index is -0.321. The second-order valence-corrected chi connectivity index (χ2v) is 11.7. The van der Waals surface area contributed by atoms with Gasteiger partial charge in [0.05, 0.1) is 25.4 Å². The molecule has 0 bridgehead atoms. The van der Waals surface area contributed by atoms with Crippen LogP contribution in [0, 0.1) is 40.4 Å². The first-order valence-electron chi connectivity index (χ1n) is 11.8. The topological polar surface area (TPSA) is 31.0 Å². The van der Waals surface area contributed by atoms with E-state index in [-0.39, 0.29) is 5.79 Å². The van der Waals surface area contributed by atoms with E-state index in [2.05, 4.69) is 20.8 Å². The molecule has 1 spiro atoms. The summed E-state index contributed by atoms with van der Waals surface area (Å²) in [7, 11) is 0. The van der Waals surface area contributed by atoms with Crippen LogP contribution in [0.5, 0.6) is 0 Å². The predicted octanol–water partition coefficient (Wildman–Crippen LogP) is 5.18. The molecule has 3 nitrogen and oxygen atoms in total. The van der Waals surface area contributed by atoms with Gasteiger partial charge < -0.3 is 14.2 Å². The Kier molecular flexibility index (Phi) is 3.62. The van der Waals surface area contributed by atoms with Gasteiger partial charge in [-0.1, -0.05) is 13.8 Å². The molecule has 0 amide bonds. The van der Waals surface area contributed by atoms with Crippen molar-refractivity contribution in [1.82, 2.24) is 0 Å². The van der Waals surface area contributed by atoms with E-state index in [1.165, 1.54) is 57.8 Å². The Morgan fingerprint density at radius 1 is 0.704 bits per heavy atom. The SMILES string of the molecule is CC1([C@H]2CC[C@H]3[C@@H]4CC[C@H]5C[C@]6(CC[C@]5(C)[C@H]4CC[C@]23C)CO6)OCCO1. The van der Waals surface area contributed by atoms with Gasteiger partial charge in [0.15, 0.2) is 5.79 Å². The average Bonchev–Trinajstić information content (AvgIpc) is 3.07. The Hall–Kier alpha value is -0.120. The van der Waals surface area contributed by atoms with Crippen molar-refractivity contribution in [1.29, 1.82) is 0 Å². The summed E-state index contributed by atoms with van der Waals surface area (Å²) < 4.78 is 18.3. The molecular weight excluding hydrogens is 336 g/mol. The van der Waals surface area contributed by atoms with E-state index in [4.69, 9.17) is 14.2 Å². The maximum Gasteiger partial charge on any atom is 0.169 e. The summed E-state index contributed by atoms with van der Waals surface area (Å²) in [4.78, 5) is 0. The van der Waals surface area contributed by atoms with Gasteiger partial charge >= 0.3 is 0 Å². The van der Waals surface area contributed by atoms with Crippen LogP contribution in [0.25, 0.3) is 0 Å². The lowest BCUT2D eigenvalue weighted by atomic mass is 9.44. The van der Waals surface area contributed by atoms with Crippen LogP contribution in [0.2, 0.25) is 0 Å². The lowest BCUT2D eigenvalue weighted by Crippen LogP contribution is -2.56. The Balaban J connectivity index is 1.27. The van der Waals surface area contributed by atoms with Crippen LogP contribution in [0.1, 0.15) is 78.6 Å². The van der Waals surface area contributed by atoms with E-state index in [1.807, 2.05) is 0 Å². The highest BCUT2D eigenvalue weighted by Gasteiger charge is 2.65. The Bertz CT molecular complexity index is 621. The minimum Gasteiger partial charge on any atom is -0.370 e. The zero-order valence-corrected chi connectivity index (χ0v) is 17.6. The van der Waals surface area contributed by atoms with Crippen molar-refractivity contribution in [2.24, 2.45) is 40.4 Å². The van der Waals surface area contributed by atoms with Crippen LogP contribution in [0.4, 0.5) is 0 Å². The van der Waals surface area contributed by atoms with E-state index in [9.17, 15) is 0 Å². The standard InChI is InChI=1S/C24H38O3/c1-21-10-11-24(15-27-24)14-16(21)4-5-17-18-6-7-20(23(3)25-12-13-26-23)22(18,2)9-8-19(17)21/h16-20H,4-15H2,1-3H3/t16-,17-,18-,19-,20-,21-,22-,24+/m0/s1. The third kappa shape index (κ3) is 2.31. The van der Waals surface area contributed by atoms with Gasteiger partial charge in [0.1, 0.15) is 0 Å². The smallest absolute Gasteiger partial charge is 0.169 e. The van der Waals surface area contributed by atoms with Crippen LogP contribution < -0.4 is 0 Å². The predicted molar refractivity (Wildman–Crippen MR) is 104 cm³/mol. The molecular formula is C24H38O3. The fourth-order valence-corrected chi connectivity index (χ4v) is 9.27. The largest absolute Gasteiger partial charge is 0.370 e. The van der Waals surface area contributed by atoms with Crippen molar-refractivity contribution >= 4 is 0 Å². The first-order valence-corrected chi connectivity index (χ1v) is 11.8. The second kappa shape index (κ2) is 5.52. The Morgan fingerprint density at radius 3 is 2.19 bits per heavy atom. The van der Waals surface area contributed by atoms with Crippen molar-refractivity contribution in [3.63, 3.8) is 0 Å². The lowest BCUT2D eigenvalue weighted by Gasteiger charge is -2.61. The molecule has 2 heterocycles. The lowest BCUT2D eigenvalue weighted by molar-refractivity contribution is -0.218. The monoisotopic (exact) mass is 374 g/mol. The maximum absolute atomic E-state index is 6.17. The number of fused-ring (bicyclic) bond motifs is 5. The summed E-state index contributed by atoms with van der Waals surface area (Å²) in [6, 6.07) is 0. The number of rotatable bonds is 1. The minimum absolute atomic E-state index is 0.321. The zero-order chi connectivity index (χ0) is 18.5. The molecule has 0 radical (unpaired) electrons. The van der Waals surface area contributed by atoms with Crippen molar-refractivity contribution in [2.45, 2.75) is 89.9 Å². The van der Waals surface area contributed by atoms with E-state index in [0.717, 1.165) is 43.5 Å². The summed E-state index contributed by atoms with van der Waals surface area (Å²) in [6.45, 7) is 10.1. The highest BCUT2D eigenvalue weighted by Crippen LogP contribution is 2.70. The van der Waals surface area contributed by atoms with E-state index in [1.54, 1.807) is 0 Å². The van der Waals surface area contributed by atoms with Crippen LogP contribution in [0.3, 0.4) is 0 Å². The number of hydrogen-bond acceptors (Lipinski definition) is 3. The molecule has 2 saturated heterocycles. The summed E-state index contributed by atoms with van der Waals surface area (Å²) in [5.41, 5.74) is 1.31. The quantitative estimate of drug-likeness (QED) is 0.593. The highest BCUT2D eigenvalue weighted by atomic mass is 16.7. The molecule has 6 aliphatic rings. The molecule has 0 N–H and O–H groups in total. The molecule has 3 heteroatoms. The number of epoxide rings is 1. The van der Waals surface area contributed by atoms with Gasteiger partial charge in [-0.3, -0.25) is 0 Å². The number of ether oxygens (including phenoxy) is 3. The Labute approximate surface area is 164 Å². The number of hydrogen-bond donors (Lipinski definition) is 0. The molecule has 6 rings (SSSR count). The van der Waals surface area contributed by atoms with E-state index in [0.29, 0.717) is 22.3 Å². The maximum atomic E-state index is 6.17. The van der Waals surface area contributed by atoms with Gasteiger partial charge in [-0.2, -0.15) is 0 Å². The molecule has 152 valence electrons. The normalized spacial score (nSPS) is 58.6. The molecule has 0 aromatic carbocycles. The van der Waals surface area contributed by atoms with Gasteiger partial charge in [-0.15, -0.1) is 0 Å². The third-order valence-corrected chi connectivity index (χ3v) is 10.8. The molecule has 8 atom stereocenters. The zero-order valence-electron chi connectivity index (χ0n) is 17.6. The van der Waals surface area contributed by atoms with E-state index >= 15 is 0 Å². The van der Waals surface area contributed by atoms with Crippen molar-refractivity contribution < 1.29 is 14.2 Å². The molecule has 0 aromatic rings. The average molecular weight is 375 g/mol. The Morgan fingerprint density at radius 2 is 1.44 bits per heavy atom. The van der Waals surface area contributed by atoms with Crippen LogP contribution >= 0.6 is 0 Å². The third-order valence-electron chi connectivity index (χ3n) is 10.8. The first kappa shape index (κ1) is 17.7. The second-order valence-electron chi connectivity index (χ2n) is 11.7. The summed E-state index contributed by atoms with van der Waals surface area (Å²) in [5, 5.41) is 0. The highest BCUT2D eigenvalue weighted by molar-refractivity contribution is 5.13. The van der Waals surface area contributed by atoms with Gasteiger partial charge in [-0.25, -0.2) is 0 Å². The van der Waals surface area contributed by atoms with Crippen molar-refractivity contribution in [3.05, 3.63) is 0 Å². The van der Waals surface area contributed by atoms with Gasteiger partial charge in [0.2, 0.25) is 0 Å². The molecule has 0 unspecified atom stereocenters.